The van der Waals surface area contributed by atoms with Gasteiger partial charge in [-0.2, -0.15) is 15.0 Å². The molecule has 0 saturated heterocycles. The van der Waals surface area contributed by atoms with E-state index in [1.54, 1.807) is 34.6 Å². The van der Waals surface area contributed by atoms with Crippen LogP contribution in [0.15, 0.2) is 53.7 Å². The number of para-hydroxylation sites is 1. The van der Waals surface area contributed by atoms with Crippen molar-refractivity contribution in [2.24, 2.45) is 7.05 Å². The maximum absolute atomic E-state index is 14.9. The first kappa shape index (κ1) is 33.9. The molecule has 7 rings (SSSR count). The van der Waals surface area contributed by atoms with Crippen LogP contribution < -0.4 is 11.0 Å². The van der Waals surface area contributed by atoms with Gasteiger partial charge in [0.2, 0.25) is 0 Å². The van der Waals surface area contributed by atoms with Crippen molar-refractivity contribution in [3.05, 3.63) is 76.1 Å². The first-order valence-electron chi connectivity index (χ1n) is 17.2. The number of ketones is 3. The predicted molar refractivity (Wildman–Crippen MR) is 186 cm³/mol. The summed E-state index contributed by atoms with van der Waals surface area (Å²) in [6, 6.07) is 10.7. The van der Waals surface area contributed by atoms with E-state index in [0.29, 0.717) is 58.4 Å². The molecule has 262 valence electrons. The SMILES string of the molecule is Cn1c(=O)n(C2CCC(=O)CC2=O)c2cccc(CCCOCC(F)CCC(=O)c3cnc(-n4ncc5cc(C#N)cnc54)cc3NC3CC3)c21. The number of pyridine rings is 2. The van der Waals surface area contributed by atoms with Crippen LogP contribution in [0.3, 0.4) is 0 Å². The van der Waals surface area contributed by atoms with Crippen LogP contribution in [-0.2, 0) is 27.8 Å². The summed E-state index contributed by atoms with van der Waals surface area (Å²) in [7, 11) is 1.68. The summed E-state index contributed by atoms with van der Waals surface area (Å²) < 4.78 is 25.2. The lowest BCUT2D eigenvalue weighted by Gasteiger charge is -2.21. The molecule has 1 N–H and O–H groups in total. The molecule has 51 heavy (non-hydrogen) atoms. The first-order chi connectivity index (χ1) is 24.7. The van der Waals surface area contributed by atoms with Crippen molar-refractivity contribution < 1.29 is 23.5 Å². The van der Waals surface area contributed by atoms with Crippen LogP contribution in [0.4, 0.5) is 10.1 Å². The van der Waals surface area contributed by atoms with Crippen molar-refractivity contribution in [1.29, 1.82) is 5.26 Å². The number of ether oxygens (including phenoxy) is 1. The van der Waals surface area contributed by atoms with Gasteiger partial charge in [-0.15, -0.1) is 0 Å². The van der Waals surface area contributed by atoms with E-state index in [0.717, 1.165) is 23.9 Å². The first-order valence-corrected chi connectivity index (χ1v) is 17.2. The molecule has 1 aromatic carbocycles. The number of nitriles is 1. The predicted octanol–water partition coefficient (Wildman–Crippen LogP) is 4.73. The summed E-state index contributed by atoms with van der Waals surface area (Å²) >= 11 is 0. The van der Waals surface area contributed by atoms with Gasteiger partial charge in [0.15, 0.2) is 23.0 Å². The number of nitrogens with one attached hydrogen (secondary N) is 1. The van der Waals surface area contributed by atoms with Crippen molar-refractivity contribution in [2.45, 2.75) is 76.0 Å². The van der Waals surface area contributed by atoms with Crippen LogP contribution in [0, 0.1) is 11.3 Å². The zero-order valence-electron chi connectivity index (χ0n) is 28.2. The topological polar surface area (TPSA) is 167 Å². The third kappa shape index (κ3) is 7.07. The van der Waals surface area contributed by atoms with Crippen LogP contribution in [-0.4, -0.2) is 71.7 Å². The van der Waals surface area contributed by atoms with Crippen molar-refractivity contribution in [1.82, 2.24) is 28.9 Å². The summed E-state index contributed by atoms with van der Waals surface area (Å²) in [5.41, 5.74) is 3.96. The Morgan fingerprint density at radius 3 is 2.76 bits per heavy atom. The Morgan fingerprint density at radius 1 is 1.14 bits per heavy atom. The molecule has 0 radical (unpaired) electrons. The molecule has 2 saturated carbocycles. The Labute approximate surface area is 292 Å². The highest BCUT2D eigenvalue weighted by molar-refractivity contribution is 6.03. The van der Waals surface area contributed by atoms with E-state index < -0.39 is 12.2 Å². The van der Waals surface area contributed by atoms with Crippen LogP contribution >= 0.6 is 0 Å². The van der Waals surface area contributed by atoms with Gasteiger partial charge in [0, 0.05) is 56.4 Å². The Bertz CT molecular complexity index is 2260. The number of hydrogen-bond acceptors (Lipinski definition) is 10. The Kier molecular flexibility index (Phi) is 9.55. The van der Waals surface area contributed by atoms with Gasteiger partial charge in [0.25, 0.3) is 0 Å². The molecule has 0 amide bonds. The number of rotatable bonds is 14. The minimum Gasteiger partial charge on any atom is -0.382 e. The van der Waals surface area contributed by atoms with Crippen LogP contribution in [0.25, 0.3) is 27.9 Å². The lowest BCUT2D eigenvalue weighted by atomic mass is 9.92. The van der Waals surface area contributed by atoms with Gasteiger partial charge in [-0.05, 0) is 56.2 Å². The van der Waals surface area contributed by atoms with E-state index in [9.17, 15) is 28.8 Å². The quantitative estimate of drug-likeness (QED) is 0.0977. The van der Waals surface area contributed by atoms with Gasteiger partial charge in [-0.1, -0.05) is 12.1 Å². The minimum absolute atomic E-state index is 0.00118. The molecule has 0 bridgehead atoms. The summed E-state index contributed by atoms with van der Waals surface area (Å²) in [5, 5.41) is 17.6. The number of carbonyl (C=O) groups is 3. The number of halogens is 1. The van der Waals surface area contributed by atoms with E-state index in [2.05, 4.69) is 26.5 Å². The van der Waals surface area contributed by atoms with Gasteiger partial charge >= 0.3 is 5.69 Å². The average molecular weight is 693 g/mol. The van der Waals surface area contributed by atoms with Gasteiger partial charge in [-0.25, -0.2) is 19.2 Å². The number of benzene rings is 1. The summed E-state index contributed by atoms with van der Waals surface area (Å²) in [5.74, 6) is -0.0934. The standard InChI is InChI=1S/C37H37FN8O5/c1-44-35-23(4-2-6-31(35)45(37(44)50)30-11-10-27(47)15-33(30)49)5-3-13-51-21-25(38)7-12-32(48)28-20-40-34(16-29(28)43-26-8-9-26)46-36-24(19-42-46)14-22(17-39)18-41-36/h2,4,6,14,16,18-20,25-26,30H,3,5,7-13,15,21H2,1H3,(H,40,43). The highest BCUT2D eigenvalue weighted by Gasteiger charge is 2.32. The number of carbonyl (C=O) groups excluding carboxylic acids is 3. The molecule has 0 aliphatic heterocycles. The second-order valence-electron chi connectivity index (χ2n) is 13.3. The molecule has 2 aliphatic rings. The molecular formula is C37H37FN8O5. The van der Waals surface area contributed by atoms with Crippen LogP contribution in [0.1, 0.15) is 78.9 Å². The number of fused-ring (bicyclic) bond motifs is 2. The van der Waals surface area contributed by atoms with Crippen molar-refractivity contribution >= 4 is 45.1 Å². The van der Waals surface area contributed by atoms with E-state index in [4.69, 9.17) is 4.74 Å². The van der Waals surface area contributed by atoms with E-state index in [1.165, 1.54) is 17.0 Å². The van der Waals surface area contributed by atoms with E-state index in [1.807, 2.05) is 18.2 Å². The van der Waals surface area contributed by atoms with Crippen LogP contribution in [0.5, 0.6) is 0 Å². The zero-order valence-corrected chi connectivity index (χ0v) is 28.2. The van der Waals surface area contributed by atoms with Crippen molar-refractivity contribution in [3.63, 3.8) is 0 Å². The molecule has 4 heterocycles. The number of nitrogens with zero attached hydrogens (tertiary/aromatic N) is 7. The largest absolute Gasteiger partial charge is 0.382 e. The monoisotopic (exact) mass is 692 g/mol. The lowest BCUT2D eigenvalue weighted by Crippen LogP contribution is -2.34. The summed E-state index contributed by atoms with van der Waals surface area (Å²) in [6.45, 7) is 0.143. The molecular weight excluding hydrogens is 655 g/mol. The van der Waals surface area contributed by atoms with Gasteiger partial charge in [0.1, 0.15) is 18.0 Å². The van der Waals surface area contributed by atoms with Gasteiger partial charge in [-0.3, -0.25) is 23.5 Å². The third-order valence-electron chi connectivity index (χ3n) is 9.54. The second-order valence-corrected chi connectivity index (χ2v) is 13.3. The number of hydrogen-bond donors (Lipinski definition) is 1. The fourth-order valence-corrected chi connectivity index (χ4v) is 6.74. The fourth-order valence-electron chi connectivity index (χ4n) is 6.74. The molecule has 13 nitrogen and oxygen atoms in total. The van der Waals surface area contributed by atoms with E-state index >= 15 is 0 Å². The molecule has 2 unspecified atom stereocenters. The Morgan fingerprint density at radius 2 is 1.98 bits per heavy atom. The minimum atomic E-state index is -1.33. The smallest absolute Gasteiger partial charge is 0.329 e. The lowest BCUT2D eigenvalue weighted by molar-refractivity contribution is -0.132. The number of anilines is 1. The molecule has 2 atom stereocenters. The fraction of sp³-hybridized carbons (Fsp3) is 0.405. The number of Topliss-reactive ketones (excluding diaryl/α,β-unsaturated/α-hetero) is 3. The average Bonchev–Trinajstić information content (AvgIpc) is 3.79. The molecule has 0 spiro atoms. The van der Waals surface area contributed by atoms with Crippen LogP contribution in [0.2, 0.25) is 0 Å². The number of alkyl halides is 1. The zero-order chi connectivity index (χ0) is 35.6. The van der Waals surface area contributed by atoms with Crippen molar-refractivity contribution in [2.75, 3.05) is 18.5 Å². The molecule has 14 heteroatoms. The molecule has 2 fully saturated rings. The summed E-state index contributed by atoms with van der Waals surface area (Å²) in [6.07, 6.45) is 6.80. The number of aromatic nitrogens is 6. The normalized spacial score (nSPS) is 16.8. The number of imidazole rings is 1. The van der Waals surface area contributed by atoms with E-state index in [-0.39, 0.29) is 68.0 Å². The highest BCUT2D eigenvalue weighted by Crippen LogP contribution is 2.30. The van der Waals surface area contributed by atoms with Gasteiger partial charge in [0.05, 0.1) is 53.1 Å². The third-order valence-corrected chi connectivity index (χ3v) is 9.54. The molecule has 4 aromatic heterocycles. The Balaban J connectivity index is 0.930. The maximum atomic E-state index is 14.9. The second kappa shape index (κ2) is 14.4. The summed E-state index contributed by atoms with van der Waals surface area (Å²) in [4.78, 5) is 59.7. The maximum Gasteiger partial charge on any atom is 0.329 e. The number of aryl methyl sites for hydroxylation is 2. The van der Waals surface area contributed by atoms with Crippen molar-refractivity contribution in [3.8, 4) is 11.9 Å². The van der Waals surface area contributed by atoms with Gasteiger partial charge < -0.3 is 10.1 Å². The Hall–Kier alpha value is -5.55. The molecule has 5 aromatic rings. The highest BCUT2D eigenvalue weighted by atomic mass is 19.1. The molecule has 2 aliphatic carbocycles.